The molecule has 31 heavy (non-hydrogen) atoms. The van der Waals surface area contributed by atoms with E-state index in [2.05, 4.69) is 0 Å². The van der Waals surface area contributed by atoms with Crippen molar-refractivity contribution in [1.29, 1.82) is 0 Å². The van der Waals surface area contributed by atoms with Gasteiger partial charge in [0.25, 0.3) is 5.91 Å². The van der Waals surface area contributed by atoms with Gasteiger partial charge in [-0.05, 0) is 42.6 Å². The van der Waals surface area contributed by atoms with Crippen LogP contribution >= 0.6 is 0 Å². The van der Waals surface area contributed by atoms with E-state index in [0.717, 1.165) is 35.4 Å². The SMILES string of the molecule is COc1ccc(C2CC(c3ccccc3)=NN2C(=O)CN2CCCCC2C(N)=O)cc1. The zero-order valence-electron chi connectivity index (χ0n) is 17.7. The van der Waals surface area contributed by atoms with Crippen molar-refractivity contribution < 1.29 is 14.3 Å². The van der Waals surface area contributed by atoms with Crippen molar-refractivity contribution in [2.45, 2.75) is 37.8 Å². The van der Waals surface area contributed by atoms with Crippen LogP contribution in [0.4, 0.5) is 0 Å². The highest BCUT2D eigenvalue weighted by molar-refractivity contribution is 6.03. The third-order valence-electron chi connectivity index (χ3n) is 6.05. The Balaban J connectivity index is 1.60. The van der Waals surface area contributed by atoms with Gasteiger partial charge in [-0.15, -0.1) is 0 Å². The summed E-state index contributed by atoms with van der Waals surface area (Å²) in [6.07, 6.45) is 3.23. The lowest BCUT2D eigenvalue weighted by Crippen LogP contribution is -2.51. The Labute approximate surface area is 182 Å². The van der Waals surface area contributed by atoms with Gasteiger partial charge in [0.05, 0.1) is 31.4 Å². The molecule has 0 radical (unpaired) electrons. The van der Waals surface area contributed by atoms with Gasteiger partial charge in [0.2, 0.25) is 5.91 Å². The predicted octanol–water partition coefficient (Wildman–Crippen LogP) is 2.71. The second kappa shape index (κ2) is 9.31. The number of benzene rings is 2. The molecule has 2 heterocycles. The van der Waals surface area contributed by atoms with Gasteiger partial charge in [-0.2, -0.15) is 5.10 Å². The standard InChI is InChI=1S/C24H28N4O3/c1-31-19-12-10-18(11-13-19)22-15-20(17-7-3-2-4-8-17)26-28(22)23(29)16-27-14-6-5-9-21(27)24(25)30/h2-4,7-8,10-13,21-22H,5-6,9,14-16H2,1H3,(H2,25,30). The van der Waals surface area contributed by atoms with E-state index in [0.29, 0.717) is 19.4 Å². The van der Waals surface area contributed by atoms with Gasteiger partial charge in [-0.1, -0.05) is 48.9 Å². The van der Waals surface area contributed by atoms with Crippen LogP contribution in [0.15, 0.2) is 59.7 Å². The first-order chi connectivity index (χ1) is 15.1. The van der Waals surface area contributed by atoms with E-state index < -0.39 is 6.04 Å². The fourth-order valence-electron chi connectivity index (χ4n) is 4.38. The zero-order chi connectivity index (χ0) is 21.8. The van der Waals surface area contributed by atoms with Crippen molar-refractivity contribution in [3.05, 3.63) is 65.7 Å². The third kappa shape index (κ3) is 4.61. The maximum Gasteiger partial charge on any atom is 0.257 e. The molecule has 2 aliphatic rings. The number of methoxy groups -OCH3 is 1. The molecular weight excluding hydrogens is 392 g/mol. The van der Waals surface area contributed by atoms with Crippen LogP contribution in [0.3, 0.4) is 0 Å². The first-order valence-electron chi connectivity index (χ1n) is 10.7. The van der Waals surface area contributed by atoms with Gasteiger partial charge < -0.3 is 10.5 Å². The van der Waals surface area contributed by atoms with Crippen LogP contribution in [0.5, 0.6) is 5.75 Å². The molecule has 0 spiro atoms. The van der Waals surface area contributed by atoms with E-state index in [9.17, 15) is 9.59 Å². The maximum absolute atomic E-state index is 13.4. The fraction of sp³-hybridized carbons (Fsp3) is 0.375. The van der Waals surface area contributed by atoms with E-state index >= 15 is 0 Å². The van der Waals surface area contributed by atoms with Gasteiger partial charge >= 0.3 is 0 Å². The van der Waals surface area contributed by atoms with Crippen molar-refractivity contribution in [3.63, 3.8) is 0 Å². The number of hydrogen-bond donors (Lipinski definition) is 1. The number of amides is 2. The highest BCUT2D eigenvalue weighted by Gasteiger charge is 2.36. The van der Waals surface area contributed by atoms with Crippen LogP contribution in [0, 0.1) is 0 Å². The molecule has 1 fully saturated rings. The molecule has 0 bridgehead atoms. The van der Waals surface area contributed by atoms with E-state index in [1.165, 1.54) is 0 Å². The number of rotatable bonds is 6. The average molecular weight is 421 g/mol. The Bertz CT molecular complexity index is 959. The summed E-state index contributed by atoms with van der Waals surface area (Å²) in [5, 5.41) is 6.30. The summed E-state index contributed by atoms with van der Waals surface area (Å²) in [7, 11) is 1.63. The lowest BCUT2D eigenvalue weighted by molar-refractivity contribution is -0.136. The fourth-order valence-corrected chi connectivity index (χ4v) is 4.38. The summed E-state index contributed by atoms with van der Waals surface area (Å²) < 4.78 is 5.27. The number of carbonyl (C=O) groups is 2. The molecule has 2 atom stereocenters. The molecular formula is C24H28N4O3. The minimum atomic E-state index is -0.391. The second-order valence-electron chi connectivity index (χ2n) is 8.03. The van der Waals surface area contributed by atoms with Crippen molar-refractivity contribution >= 4 is 17.5 Å². The highest BCUT2D eigenvalue weighted by atomic mass is 16.5. The van der Waals surface area contributed by atoms with Gasteiger partial charge in [-0.25, -0.2) is 5.01 Å². The molecule has 2 N–H and O–H groups in total. The molecule has 0 aliphatic carbocycles. The summed E-state index contributed by atoms with van der Waals surface area (Å²) in [4.78, 5) is 27.1. The number of primary amides is 1. The molecule has 7 heteroatoms. The first kappa shape index (κ1) is 21.1. The van der Waals surface area contributed by atoms with E-state index in [1.54, 1.807) is 12.1 Å². The highest BCUT2D eigenvalue weighted by Crippen LogP contribution is 2.34. The molecule has 2 unspecified atom stereocenters. The normalized spacial score (nSPS) is 21.6. The predicted molar refractivity (Wildman–Crippen MR) is 119 cm³/mol. The van der Waals surface area contributed by atoms with Gasteiger partial charge in [0.15, 0.2) is 0 Å². The van der Waals surface area contributed by atoms with Gasteiger partial charge in [0, 0.05) is 6.42 Å². The quantitative estimate of drug-likeness (QED) is 0.778. The second-order valence-corrected chi connectivity index (χ2v) is 8.03. The number of ether oxygens (including phenoxy) is 1. The largest absolute Gasteiger partial charge is 0.497 e. The Morgan fingerprint density at radius 1 is 1.10 bits per heavy atom. The monoisotopic (exact) mass is 420 g/mol. The summed E-state index contributed by atoms with van der Waals surface area (Å²) in [5.74, 6) is 0.274. The number of nitrogens with two attached hydrogens (primary N) is 1. The Morgan fingerprint density at radius 3 is 2.52 bits per heavy atom. The van der Waals surface area contributed by atoms with Crippen molar-refractivity contribution in [2.75, 3.05) is 20.2 Å². The molecule has 7 nitrogen and oxygen atoms in total. The molecule has 4 rings (SSSR count). The molecule has 2 aromatic rings. The zero-order valence-corrected chi connectivity index (χ0v) is 17.7. The molecule has 2 amide bonds. The topological polar surface area (TPSA) is 88.2 Å². The number of nitrogens with zero attached hydrogens (tertiary/aromatic N) is 3. The molecule has 0 aromatic heterocycles. The summed E-state index contributed by atoms with van der Waals surface area (Å²) in [6, 6.07) is 17.0. The van der Waals surface area contributed by atoms with E-state index in [1.807, 2.05) is 59.5 Å². The number of hydrazone groups is 1. The van der Waals surface area contributed by atoms with Crippen LogP contribution < -0.4 is 10.5 Å². The molecule has 0 saturated carbocycles. The van der Waals surface area contributed by atoms with Crippen LogP contribution in [0.1, 0.15) is 42.9 Å². The van der Waals surface area contributed by atoms with Crippen LogP contribution in [0.25, 0.3) is 0 Å². The smallest absolute Gasteiger partial charge is 0.257 e. The third-order valence-corrected chi connectivity index (χ3v) is 6.05. The van der Waals surface area contributed by atoms with Crippen LogP contribution in [0.2, 0.25) is 0 Å². The molecule has 162 valence electrons. The first-order valence-corrected chi connectivity index (χ1v) is 10.7. The Morgan fingerprint density at radius 2 is 1.84 bits per heavy atom. The minimum absolute atomic E-state index is 0.125. The van der Waals surface area contributed by atoms with Crippen LogP contribution in [-0.2, 0) is 9.59 Å². The number of piperidine rings is 1. The summed E-state index contributed by atoms with van der Waals surface area (Å²) >= 11 is 0. The van der Waals surface area contributed by atoms with Gasteiger partial charge in [0.1, 0.15) is 5.75 Å². The Hall–Kier alpha value is -3.19. The van der Waals surface area contributed by atoms with E-state index in [4.69, 9.17) is 15.6 Å². The number of hydrogen-bond acceptors (Lipinski definition) is 5. The van der Waals surface area contributed by atoms with Crippen LogP contribution in [-0.4, -0.2) is 53.7 Å². The lowest BCUT2D eigenvalue weighted by atomic mass is 9.98. The molecule has 1 saturated heterocycles. The maximum atomic E-state index is 13.4. The van der Waals surface area contributed by atoms with Gasteiger partial charge in [-0.3, -0.25) is 14.5 Å². The molecule has 2 aromatic carbocycles. The number of carbonyl (C=O) groups excluding carboxylic acids is 2. The van der Waals surface area contributed by atoms with Crippen molar-refractivity contribution in [3.8, 4) is 5.75 Å². The lowest BCUT2D eigenvalue weighted by Gasteiger charge is -2.34. The van der Waals surface area contributed by atoms with Crippen molar-refractivity contribution in [2.24, 2.45) is 10.8 Å². The minimum Gasteiger partial charge on any atom is -0.497 e. The van der Waals surface area contributed by atoms with Crippen molar-refractivity contribution in [1.82, 2.24) is 9.91 Å². The molecule has 2 aliphatic heterocycles. The summed E-state index contributed by atoms with van der Waals surface area (Å²) in [5.41, 5.74) is 8.46. The summed E-state index contributed by atoms with van der Waals surface area (Å²) in [6.45, 7) is 0.821. The Kier molecular flexibility index (Phi) is 6.32. The van der Waals surface area contributed by atoms with E-state index in [-0.39, 0.29) is 24.4 Å². The number of likely N-dealkylation sites (tertiary alicyclic amines) is 1. The average Bonchev–Trinajstić information content (AvgIpc) is 3.26.